The molecule has 0 N–H and O–H groups in total. The van der Waals surface area contributed by atoms with Crippen molar-refractivity contribution >= 4 is 0 Å². The molecule has 8 heteroatoms. The van der Waals surface area contributed by atoms with Crippen LogP contribution in [-0.4, -0.2) is 132 Å². The standard InChI is InChI=1S/C39H72N6O2/c1-36(2,3)46-25-23-42-16-11-32(12-17-42)30-44-19-21-45(22-20-44)39(9,10)15-14-38(7,8)35-29-40-34(28-41-35)27-33-13-18-43(31-33)24-26-47-37(4,5)6/h28-29,32-33H,11-27,30-31H2,1-10H3/t33-/m0/s1. The van der Waals surface area contributed by atoms with Crippen molar-refractivity contribution in [1.82, 2.24) is 29.6 Å². The summed E-state index contributed by atoms with van der Waals surface area (Å²) in [7, 11) is 0. The van der Waals surface area contributed by atoms with Crippen LogP contribution in [0.1, 0.15) is 113 Å². The van der Waals surface area contributed by atoms with Gasteiger partial charge in [-0.05, 0) is 125 Å². The topological polar surface area (TPSA) is 57.2 Å². The second kappa shape index (κ2) is 16.7. The molecule has 3 aliphatic rings. The van der Waals surface area contributed by atoms with Crippen molar-refractivity contribution in [3.05, 3.63) is 23.8 Å². The summed E-state index contributed by atoms with van der Waals surface area (Å²) in [4.78, 5) is 20.5. The van der Waals surface area contributed by atoms with Crippen LogP contribution >= 0.6 is 0 Å². The number of hydrogen-bond acceptors (Lipinski definition) is 8. The van der Waals surface area contributed by atoms with Crippen LogP contribution in [0.2, 0.25) is 0 Å². The zero-order valence-electron chi connectivity index (χ0n) is 32.2. The highest BCUT2D eigenvalue weighted by Crippen LogP contribution is 2.33. The Hall–Kier alpha value is -1.16. The van der Waals surface area contributed by atoms with Crippen LogP contribution in [0.5, 0.6) is 0 Å². The highest BCUT2D eigenvalue weighted by molar-refractivity contribution is 5.13. The summed E-state index contributed by atoms with van der Waals surface area (Å²) in [6.45, 7) is 36.9. The van der Waals surface area contributed by atoms with E-state index in [1.807, 2.05) is 0 Å². The van der Waals surface area contributed by atoms with E-state index in [2.05, 4.69) is 101 Å². The van der Waals surface area contributed by atoms with Crippen LogP contribution in [0.3, 0.4) is 0 Å². The summed E-state index contributed by atoms with van der Waals surface area (Å²) >= 11 is 0. The van der Waals surface area contributed by atoms with Crippen LogP contribution in [0.25, 0.3) is 0 Å². The molecule has 1 aromatic rings. The smallest absolute Gasteiger partial charge is 0.0643 e. The number of piperidine rings is 1. The fourth-order valence-electron chi connectivity index (χ4n) is 7.55. The summed E-state index contributed by atoms with van der Waals surface area (Å²) in [5.74, 6) is 1.50. The van der Waals surface area contributed by atoms with E-state index in [0.717, 1.165) is 76.0 Å². The Bertz CT molecular complexity index is 1050. The Labute approximate surface area is 289 Å². The average Bonchev–Trinajstić information content (AvgIpc) is 3.43. The number of hydrogen-bond donors (Lipinski definition) is 0. The number of ether oxygens (including phenoxy) is 2. The molecule has 8 nitrogen and oxygen atoms in total. The Morgan fingerprint density at radius 2 is 1.21 bits per heavy atom. The lowest BCUT2D eigenvalue weighted by atomic mass is 9.80. The number of aromatic nitrogens is 2. The predicted octanol–water partition coefficient (Wildman–Crippen LogP) is 6.14. The Morgan fingerprint density at radius 3 is 1.79 bits per heavy atom. The Morgan fingerprint density at radius 1 is 0.638 bits per heavy atom. The first kappa shape index (κ1) is 38.6. The van der Waals surface area contributed by atoms with Gasteiger partial charge in [0.1, 0.15) is 0 Å². The van der Waals surface area contributed by atoms with E-state index in [-0.39, 0.29) is 22.2 Å². The van der Waals surface area contributed by atoms with Gasteiger partial charge < -0.3 is 24.2 Å². The molecule has 0 amide bonds. The molecular formula is C39H72N6O2. The normalized spacial score (nSPS) is 22.4. The predicted molar refractivity (Wildman–Crippen MR) is 195 cm³/mol. The van der Waals surface area contributed by atoms with Gasteiger partial charge in [-0.25, -0.2) is 0 Å². The van der Waals surface area contributed by atoms with Crippen molar-refractivity contribution in [2.75, 3.05) is 85.2 Å². The fourth-order valence-corrected chi connectivity index (χ4v) is 7.55. The van der Waals surface area contributed by atoms with Crippen LogP contribution in [-0.2, 0) is 21.3 Å². The molecule has 0 unspecified atom stereocenters. The van der Waals surface area contributed by atoms with Crippen LogP contribution < -0.4 is 0 Å². The highest BCUT2D eigenvalue weighted by atomic mass is 16.5. The molecule has 3 aliphatic heterocycles. The van der Waals surface area contributed by atoms with Crippen molar-refractivity contribution in [2.24, 2.45) is 11.8 Å². The van der Waals surface area contributed by atoms with E-state index in [1.165, 1.54) is 65.1 Å². The molecule has 4 heterocycles. The Kier molecular flexibility index (Phi) is 13.7. The Balaban J connectivity index is 1.13. The van der Waals surface area contributed by atoms with Gasteiger partial charge in [-0.3, -0.25) is 14.9 Å². The summed E-state index contributed by atoms with van der Waals surface area (Å²) in [5.41, 5.74) is 2.36. The minimum absolute atomic E-state index is 0.00949. The number of nitrogens with zero attached hydrogens (tertiary/aromatic N) is 6. The van der Waals surface area contributed by atoms with Crippen LogP contribution in [0.15, 0.2) is 12.4 Å². The average molecular weight is 657 g/mol. The third kappa shape index (κ3) is 13.2. The zero-order valence-corrected chi connectivity index (χ0v) is 32.2. The minimum Gasteiger partial charge on any atom is -0.375 e. The van der Waals surface area contributed by atoms with Crippen LogP contribution in [0, 0.1) is 11.8 Å². The second-order valence-corrected chi connectivity index (χ2v) is 18.2. The molecule has 0 aromatic carbocycles. The fraction of sp³-hybridized carbons (Fsp3) is 0.897. The van der Waals surface area contributed by atoms with E-state index in [0.29, 0.717) is 5.92 Å². The lowest BCUT2D eigenvalue weighted by Gasteiger charge is -2.46. The second-order valence-electron chi connectivity index (χ2n) is 18.2. The van der Waals surface area contributed by atoms with Crippen molar-refractivity contribution in [3.8, 4) is 0 Å². The molecule has 4 rings (SSSR count). The maximum atomic E-state index is 5.95. The van der Waals surface area contributed by atoms with Crippen molar-refractivity contribution in [1.29, 1.82) is 0 Å². The van der Waals surface area contributed by atoms with E-state index >= 15 is 0 Å². The maximum Gasteiger partial charge on any atom is 0.0643 e. The van der Waals surface area contributed by atoms with Gasteiger partial charge in [0.25, 0.3) is 0 Å². The zero-order chi connectivity index (χ0) is 34.3. The molecule has 3 fully saturated rings. The quantitative estimate of drug-likeness (QED) is 0.223. The lowest BCUT2D eigenvalue weighted by molar-refractivity contribution is -0.0175. The molecule has 0 saturated carbocycles. The van der Waals surface area contributed by atoms with Gasteiger partial charge in [0.2, 0.25) is 0 Å². The third-order valence-electron chi connectivity index (χ3n) is 11.0. The van der Waals surface area contributed by atoms with Gasteiger partial charge in [-0.15, -0.1) is 0 Å². The number of likely N-dealkylation sites (tertiary alicyclic amines) is 2. The third-order valence-corrected chi connectivity index (χ3v) is 11.0. The van der Waals surface area contributed by atoms with E-state index in [1.54, 1.807) is 0 Å². The largest absolute Gasteiger partial charge is 0.375 e. The van der Waals surface area contributed by atoms with Gasteiger partial charge in [-0.1, -0.05) is 13.8 Å². The van der Waals surface area contributed by atoms with Crippen LogP contribution in [0.4, 0.5) is 0 Å². The summed E-state index contributed by atoms with van der Waals surface area (Å²) in [6, 6.07) is 0. The summed E-state index contributed by atoms with van der Waals surface area (Å²) in [5, 5.41) is 0. The monoisotopic (exact) mass is 657 g/mol. The molecule has 0 spiro atoms. The first-order chi connectivity index (χ1) is 22.0. The highest BCUT2D eigenvalue weighted by Gasteiger charge is 2.34. The minimum atomic E-state index is -0.0592. The van der Waals surface area contributed by atoms with E-state index < -0.39 is 0 Å². The van der Waals surface area contributed by atoms with Crippen molar-refractivity contribution in [2.45, 2.75) is 130 Å². The lowest BCUT2D eigenvalue weighted by Crippen LogP contribution is -2.55. The van der Waals surface area contributed by atoms with Gasteiger partial charge in [0, 0.05) is 75.7 Å². The summed E-state index contributed by atoms with van der Waals surface area (Å²) < 4.78 is 11.9. The molecule has 1 aromatic heterocycles. The first-order valence-corrected chi connectivity index (χ1v) is 19.0. The first-order valence-electron chi connectivity index (χ1n) is 19.0. The maximum absolute atomic E-state index is 5.95. The van der Waals surface area contributed by atoms with Crippen molar-refractivity contribution in [3.63, 3.8) is 0 Å². The van der Waals surface area contributed by atoms with Crippen molar-refractivity contribution < 1.29 is 9.47 Å². The molecule has 1 atom stereocenters. The molecular weight excluding hydrogens is 584 g/mol. The SMILES string of the molecule is CC(C)(C)OCCN1CCC(CN2CCN(C(C)(C)CCC(C)(C)c3cnc(C[C@@H]4CCN(CCOC(C)(C)C)C4)cn3)CC2)CC1. The number of rotatable bonds is 15. The number of piperazine rings is 1. The summed E-state index contributed by atoms with van der Waals surface area (Å²) in [6.07, 6.45) is 11.3. The molecule has 0 bridgehead atoms. The van der Waals surface area contributed by atoms with Gasteiger partial charge in [0.15, 0.2) is 0 Å². The molecule has 0 aliphatic carbocycles. The van der Waals surface area contributed by atoms with Gasteiger partial charge >= 0.3 is 0 Å². The van der Waals surface area contributed by atoms with E-state index in [9.17, 15) is 0 Å². The van der Waals surface area contributed by atoms with Gasteiger partial charge in [0.05, 0.1) is 35.8 Å². The molecule has 3 saturated heterocycles. The van der Waals surface area contributed by atoms with Gasteiger partial charge in [-0.2, -0.15) is 0 Å². The molecule has 0 radical (unpaired) electrons. The molecule has 270 valence electrons. The van der Waals surface area contributed by atoms with E-state index in [4.69, 9.17) is 19.4 Å². The molecule has 47 heavy (non-hydrogen) atoms.